The Morgan fingerprint density at radius 2 is 2.00 bits per heavy atom. The van der Waals surface area contributed by atoms with Gasteiger partial charge in [-0.25, -0.2) is 4.98 Å². The van der Waals surface area contributed by atoms with Crippen molar-refractivity contribution in [1.29, 1.82) is 0 Å². The average molecular weight is 443 g/mol. The molecule has 2 aliphatic rings. The lowest BCUT2D eigenvalue weighted by molar-refractivity contribution is 0.0708. The number of benzene rings is 1. The number of carbonyl (C=O) groups is 1. The van der Waals surface area contributed by atoms with E-state index in [1.807, 2.05) is 30.2 Å². The van der Waals surface area contributed by atoms with Crippen LogP contribution in [0, 0.1) is 12.8 Å². The van der Waals surface area contributed by atoms with Crippen LogP contribution in [0.3, 0.4) is 0 Å². The molecule has 1 amide bonds. The highest BCUT2D eigenvalue weighted by Crippen LogP contribution is 2.36. The van der Waals surface area contributed by atoms with E-state index < -0.39 is 0 Å². The number of nitrogens with zero attached hydrogens (tertiary/aromatic N) is 5. The second-order valence-electron chi connectivity index (χ2n) is 9.80. The van der Waals surface area contributed by atoms with E-state index in [-0.39, 0.29) is 11.9 Å². The lowest BCUT2D eigenvalue weighted by atomic mass is 10.0. The van der Waals surface area contributed by atoms with E-state index in [0.29, 0.717) is 6.54 Å². The van der Waals surface area contributed by atoms with Crippen LogP contribution in [0.1, 0.15) is 41.6 Å². The summed E-state index contributed by atoms with van der Waals surface area (Å²) in [6.45, 7) is 4.40. The summed E-state index contributed by atoms with van der Waals surface area (Å²) >= 11 is 0. The number of piperidine rings is 1. The maximum atomic E-state index is 13.3. The predicted octanol–water partition coefficient (Wildman–Crippen LogP) is 3.87. The molecule has 1 aliphatic carbocycles. The summed E-state index contributed by atoms with van der Waals surface area (Å²) in [7, 11) is 2.06. The van der Waals surface area contributed by atoms with Crippen LogP contribution in [-0.4, -0.2) is 49.0 Å². The molecule has 1 saturated heterocycles. The normalized spacial score (nSPS) is 19.0. The Balaban J connectivity index is 1.45. The lowest BCUT2D eigenvalue weighted by Crippen LogP contribution is -2.45. The fraction of sp³-hybridized carbons (Fsp3) is 0.423. The zero-order valence-corrected chi connectivity index (χ0v) is 19.3. The Bertz CT molecular complexity index is 1380. The van der Waals surface area contributed by atoms with Crippen molar-refractivity contribution in [2.24, 2.45) is 18.7 Å². The van der Waals surface area contributed by atoms with Gasteiger partial charge in [-0.15, -0.1) is 0 Å². The van der Waals surface area contributed by atoms with Crippen molar-refractivity contribution in [3.05, 3.63) is 47.7 Å². The molecule has 3 aromatic heterocycles. The fourth-order valence-electron chi connectivity index (χ4n) is 5.19. The maximum Gasteiger partial charge on any atom is 0.254 e. The standard InChI is InChI=1S/C26H30N6O/c1-16-11-23-21(12-19(16)26(33)31-10-4-5-18(27)15-31)29-25(30(23)2)24-13-20-22(6-3-9-28-20)32(24)14-17-7-8-17/h3,6,9,11-13,17-18H,4-5,7-8,10,14-15,27H2,1-2H3/t18-/m1/s1. The summed E-state index contributed by atoms with van der Waals surface area (Å²) in [5.74, 6) is 1.70. The van der Waals surface area contributed by atoms with Gasteiger partial charge in [-0.05, 0) is 74.4 Å². The van der Waals surface area contributed by atoms with E-state index in [9.17, 15) is 4.79 Å². The molecule has 0 radical (unpaired) electrons. The second-order valence-corrected chi connectivity index (χ2v) is 9.80. The number of hydrogen-bond acceptors (Lipinski definition) is 4. The van der Waals surface area contributed by atoms with Gasteiger partial charge < -0.3 is 19.8 Å². The lowest BCUT2D eigenvalue weighted by Gasteiger charge is -2.31. The average Bonchev–Trinajstić information content (AvgIpc) is 3.49. The molecule has 6 rings (SSSR count). The molecular formula is C26H30N6O. The van der Waals surface area contributed by atoms with Gasteiger partial charge in [-0.1, -0.05) is 0 Å². The molecule has 33 heavy (non-hydrogen) atoms. The van der Waals surface area contributed by atoms with E-state index in [4.69, 9.17) is 10.7 Å². The highest BCUT2D eigenvalue weighted by atomic mass is 16.2. The molecular weight excluding hydrogens is 412 g/mol. The van der Waals surface area contributed by atoms with Crippen LogP contribution in [0.25, 0.3) is 33.6 Å². The van der Waals surface area contributed by atoms with E-state index in [1.165, 1.54) is 12.8 Å². The van der Waals surface area contributed by atoms with Gasteiger partial charge in [0.05, 0.1) is 27.8 Å². The first-order valence-electron chi connectivity index (χ1n) is 12.0. The number of imidazole rings is 1. The molecule has 7 nitrogen and oxygen atoms in total. The number of pyridine rings is 1. The van der Waals surface area contributed by atoms with Gasteiger partial charge in [0.1, 0.15) is 0 Å². The van der Waals surface area contributed by atoms with Gasteiger partial charge in [0, 0.05) is 44.5 Å². The largest absolute Gasteiger partial charge is 0.337 e. The molecule has 1 atom stereocenters. The van der Waals surface area contributed by atoms with Gasteiger partial charge in [-0.3, -0.25) is 9.78 Å². The molecule has 4 heterocycles. The van der Waals surface area contributed by atoms with E-state index in [1.54, 1.807) is 0 Å². The highest BCUT2D eigenvalue weighted by molar-refractivity contribution is 5.99. The van der Waals surface area contributed by atoms with Crippen molar-refractivity contribution in [3.63, 3.8) is 0 Å². The van der Waals surface area contributed by atoms with Crippen LogP contribution in [-0.2, 0) is 13.6 Å². The third kappa shape index (κ3) is 3.51. The van der Waals surface area contributed by atoms with E-state index in [0.717, 1.165) is 76.6 Å². The minimum atomic E-state index is 0.0591. The van der Waals surface area contributed by atoms with Crippen LogP contribution in [0.5, 0.6) is 0 Å². The van der Waals surface area contributed by atoms with E-state index >= 15 is 0 Å². The first-order valence-corrected chi connectivity index (χ1v) is 12.0. The van der Waals surface area contributed by atoms with Gasteiger partial charge in [-0.2, -0.15) is 0 Å². The predicted molar refractivity (Wildman–Crippen MR) is 130 cm³/mol. The number of nitrogens with two attached hydrogens (primary N) is 1. The van der Waals surface area contributed by atoms with Crippen molar-refractivity contribution in [2.45, 2.75) is 45.2 Å². The minimum absolute atomic E-state index is 0.0591. The second kappa shape index (κ2) is 7.70. The van der Waals surface area contributed by atoms with Crippen LogP contribution in [0.4, 0.5) is 0 Å². The van der Waals surface area contributed by atoms with Gasteiger partial charge in [0.2, 0.25) is 0 Å². The van der Waals surface area contributed by atoms with Crippen molar-refractivity contribution in [1.82, 2.24) is 24.0 Å². The molecule has 0 spiro atoms. The Kier molecular flexibility index (Phi) is 4.76. The number of carbonyl (C=O) groups excluding carboxylic acids is 1. The number of rotatable bonds is 4. The quantitative estimate of drug-likeness (QED) is 0.520. The SMILES string of the molecule is Cc1cc2c(cc1C(=O)N1CCC[C@@H](N)C1)nc(-c1cc3ncccc3n1CC1CC1)n2C. The number of fused-ring (bicyclic) bond motifs is 2. The molecule has 170 valence electrons. The molecule has 0 unspecified atom stereocenters. The molecule has 2 fully saturated rings. The first-order chi connectivity index (χ1) is 16.0. The molecule has 7 heteroatoms. The summed E-state index contributed by atoms with van der Waals surface area (Å²) < 4.78 is 4.51. The Morgan fingerprint density at radius 3 is 2.79 bits per heavy atom. The number of likely N-dealkylation sites (tertiary alicyclic amines) is 1. The highest BCUT2D eigenvalue weighted by Gasteiger charge is 2.27. The zero-order chi connectivity index (χ0) is 22.7. The zero-order valence-electron chi connectivity index (χ0n) is 19.3. The van der Waals surface area contributed by atoms with Crippen molar-refractivity contribution in [2.75, 3.05) is 13.1 Å². The van der Waals surface area contributed by atoms with Gasteiger partial charge in [0.15, 0.2) is 5.82 Å². The van der Waals surface area contributed by atoms with E-state index in [2.05, 4.69) is 39.4 Å². The Morgan fingerprint density at radius 1 is 1.15 bits per heavy atom. The summed E-state index contributed by atoms with van der Waals surface area (Å²) in [6, 6.07) is 10.4. The van der Waals surface area contributed by atoms with Gasteiger partial charge >= 0.3 is 0 Å². The summed E-state index contributed by atoms with van der Waals surface area (Å²) in [4.78, 5) is 24.8. The smallest absolute Gasteiger partial charge is 0.254 e. The number of aryl methyl sites for hydroxylation is 2. The minimum Gasteiger partial charge on any atom is -0.337 e. The molecule has 1 aliphatic heterocycles. The maximum absolute atomic E-state index is 13.3. The molecule has 1 aromatic carbocycles. The fourth-order valence-corrected chi connectivity index (χ4v) is 5.19. The Labute approximate surface area is 193 Å². The van der Waals surface area contributed by atoms with Crippen molar-refractivity contribution >= 4 is 28.0 Å². The topological polar surface area (TPSA) is 82.0 Å². The molecule has 2 N–H and O–H groups in total. The third-order valence-corrected chi connectivity index (χ3v) is 7.24. The Hall–Kier alpha value is -3.19. The first kappa shape index (κ1) is 20.4. The number of hydrogen-bond donors (Lipinski definition) is 1. The summed E-state index contributed by atoms with van der Waals surface area (Å²) in [5.41, 5.74) is 12.9. The van der Waals surface area contributed by atoms with Crippen molar-refractivity contribution < 1.29 is 4.79 Å². The molecule has 4 aromatic rings. The molecule has 1 saturated carbocycles. The van der Waals surface area contributed by atoms with Crippen LogP contribution in [0.15, 0.2) is 36.5 Å². The molecule has 0 bridgehead atoms. The monoisotopic (exact) mass is 442 g/mol. The summed E-state index contributed by atoms with van der Waals surface area (Å²) in [5, 5.41) is 0. The summed E-state index contributed by atoms with van der Waals surface area (Å²) in [6.07, 6.45) is 6.35. The van der Waals surface area contributed by atoms with Crippen LogP contribution >= 0.6 is 0 Å². The van der Waals surface area contributed by atoms with Crippen LogP contribution in [0.2, 0.25) is 0 Å². The number of amides is 1. The van der Waals surface area contributed by atoms with Gasteiger partial charge in [0.25, 0.3) is 5.91 Å². The number of aromatic nitrogens is 4. The van der Waals surface area contributed by atoms with Crippen molar-refractivity contribution in [3.8, 4) is 11.5 Å². The van der Waals surface area contributed by atoms with Crippen LogP contribution < -0.4 is 5.73 Å². The third-order valence-electron chi connectivity index (χ3n) is 7.24.